The van der Waals surface area contributed by atoms with Crippen LogP contribution in [0.2, 0.25) is 0 Å². The minimum Gasteiger partial charge on any atom is -0.493 e. The SMILES string of the molecule is C#CC1(CC(=O)C2(NC(=O)c3cc4ccc(-c5ccc(OCS(C)(=O)=O)c(OC)c5)cc4o3)CCC(F)(F)CC2)CC1. The molecule has 2 fully saturated rings. The van der Waals surface area contributed by atoms with E-state index in [9.17, 15) is 26.8 Å². The predicted octanol–water partition coefficient (Wildman–Crippen LogP) is 5.54. The molecule has 42 heavy (non-hydrogen) atoms. The van der Waals surface area contributed by atoms with E-state index in [1.54, 1.807) is 30.3 Å². The zero-order chi connectivity index (χ0) is 30.3. The van der Waals surface area contributed by atoms with Crippen LogP contribution in [0.3, 0.4) is 0 Å². The molecule has 222 valence electrons. The fourth-order valence-electron chi connectivity index (χ4n) is 5.25. The number of hydrogen-bond donors (Lipinski definition) is 1. The van der Waals surface area contributed by atoms with Crippen molar-refractivity contribution in [1.82, 2.24) is 5.32 Å². The van der Waals surface area contributed by atoms with Crippen molar-refractivity contribution in [3.8, 4) is 35.0 Å². The number of benzene rings is 2. The number of terminal acetylenes is 1. The van der Waals surface area contributed by atoms with Crippen molar-refractivity contribution in [2.75, 3.05) is 19.3 Å². The smallest absolute Gasteiger partial charge is 0.287 e. The maximum atomic E-state index is 14.0. The number of alkyl halides is 2. The summed E-state index contributed by atoms with van der Waals surface area (Å²) in [5, 5.41) is 3.38. The standard InChI is InChI=1S/C31H31F2NO7S/c1-4-29(9-10-29)18-27(35)30(11-13-31(32,33)14-12-30)34-28(36)26-17-22-6-5-20(15-24(22)41-26)21-7-8-23(25(16-21)39-2)40-19-42(3,37)38/h1,5-8,15-17H,9-14,18-19H2,2-3H3,(H,34,36). The van der Waals surface area contributed by atoms with Crippen molar-refractivity contribution in [3.05, 3.63) is 48.2 Å². The van der Waals surface area contributed by atoms with Gasteiger partial charge in [0.1, 0.15) is 5.58 Å². The molecule has 2 aliphatic rings. The Kier molecular flexibility index (Phi) is 7.56. The van der Waals surface area contributed by atoms with Crippen LogP contribution in [-0.4, -0.2) is 50.9 Å². The minimum atomic E-state index is -3.35. The van der Waals surface area contributed by atoms with Crippen LogP contribution in [0.15, 0.2) is 46.9 Å². The van der Waals surface area contributed by atoms with E-state index in [0.29, 0.717) is 29.6 Å². The number of furan rings is 1. The number of methoxy groups -OCH3 is 1. The Hall–Kier alpha value is -3.91. The van der Waals surface area contributed by atoms with Gasteiger partial charge in [-0.2, -0.15) is 0 Å². The first-order valence-corrected chi connectivity index (χ1v) is 15.6. The molecule has 0 bridgehead atoms. The van der Waals surface area contributed by atoms with E-state index in [0.717, 1.165) is 17.4 Å². The van der Waals surface area contributed by atoms with E-state index >= 15 is 0 Å². The lowest BCUT2D eigenvalue weighted by Crippen LogP contribution is -2.58. The molecule has 1 amide bonds. The molecule has 5 rings (SSSR count). The van der Waals surface area contributed by atoms with Crippen LogP contribution in [0.1, 0.15) is 55.5 Å². The van der Waals surface area contributed by atoms with Gasteiger partial charge in [-0.25, -0.2) is 17.2 Å². The summed E-state index contributed by atoms with van der Waals surface area (Å²) in [7, 11) is -1.91. The zero-order valence-corrected chi connectivity index (χ0v) is 24.1. The highest BCUT2D eigenvalue weighted by Gasteiger charge is 2.52. The van der Waals surface area contributed by atoms with E-state index in [1.807, 2.05) is 6.07 Å². The van der Waals surface area contributed by atoms with E-state index in [4.69, 9.17) is 20.3 Å². The molecule has 3 aromatic rings. The largest absolute Gasteiger partial charge is 0.493 e. The van der Waals surface area contributed by atoms with Gasteiger partial charge in [-0.3, -0.25) is 9.59 Å². The first-order valence-electron chi connectivity index (χ1n) is 13.5. The highest BCUT2D eigenvalue weighted by atomic mass is 32.2. The number of fused-ring (bicyclic) bond motifs is 1. The van der Waals surface area contributed by atoms with Crippen molar-refractivity contribution in [2.24, 2.45) is 5.41 Å². The van der Waals surface area contributed by atoms with Gasteiger partial charge in [-0.15, -0.1) is 6.42 Å². The normalized spacial score (nSPS) is 18.5. The minimum absolute atomic E-state index is 0.0421. The topological polar surface area (TPSA) is 112 Å². The summed E-state index contributed by atoms with van der Waals surface area (Å²) >= 11 is 0. The summed E-state index contributed by atoms with van der Waals surface area (Å²) in [6, 6.07) is 11.9. The lowest BCUT2D eigenvalue weighted by atomic mass is 9.74. The average molecular weight is 600 g/mol. The summed E-state index contributed by atoms with van der Waals surface area (Å²) in [4.78, 5) is 26.8. The van der Waals surface area contributed by atoms with Gasteiger partial charge in [0.2, 0.25) is 5.92 Å². The van der Waals surface area contributed by atoms with Gasteiger partial charge in [0.25, 0.3) is 5.91 Å². The van der Waals surface area contributed by atoms with Crippen molar-refractivity contribution < 1.29 is 40.7 Å². The Labute approximate surface area is 242 Å². The molecule has 0 unspecified atom stereocenters. The fraction of sp³-hybridized carbons (Fsp3) is 0.419. The molecular formula is C31H31F2NO7S. The van der Waals surface area contributed by atoms with E-state index in [2.05, 4.69) is 11.2 Å². The van der Waals surface area contributed by atoms with E-state index in [-0.39, 0.29) is 36.6 Å². The molecule has 1 heterocycles. The summed E-state index contributed by atoms with van der Waals surface area (Å²) in [6.45, 7) is 0. The number of hydrogen-bond acceptors (Lipinski definition) is 7. The highest BCUT2D eigenvalue weighted by Crippen LogP contribution is 2.50. The molecule has 1 aromatic heterocycles. The molecule has 8 nitrogen and oxygen atoms in total. The Morgan fingerprint density at radius 1 is 1.00 bits per heavy atom. The summed E-state index contributed by atoms with van der Waals surface area (Å²) in [5.74, 6) is -1.16. The van der Waals surface area contributed by atoms with Gasteiger partial charge in [0.05, 0.1) is 12.6 Å². The average Bonchev–Trinajstić information content (AvgIpc) is 3.59. The van der Waals surface area contributed by atoms with Crippen LogP contribution in [0.4, 0.5) is 8.78 Å². The third kappa shape index (κ3) is 6.28. The van der Waals surface area contributed by atoms with Gasteiger partial charge >= 0.3 is 0 Å². The van der Waals surface area contributed by atoms with Crippen LogP contribution >= 0.6 is 0 Å². The third-order valence-corrected chi connectivity index (χ3v) is 8.60. The van der Waals surface area contributed by atoms with Crippen LogP contribution in [0.25, 0.3) is 22.1 Å². The van der Waals surface area contributed by atoms with E-state index < -0.39 is 51.4 Å². The lowest BCUT2D eigenvalue weighted by molar-refractivity contribution is -0.131. The molecular weight excluding hydrogens is 568 g/mol. The number of halogens is 2. The first-order chi connectivity index (χ1) is 19.8. The van der Waals surface area contributed by atoms with Gasteiger partial charge in [-0.1, -0.05) is 24.1 Å². The van der Waals surface area contributed by atoms with Gasteiger partial charge in [0, 0.05) is 36.3 Å². The monoisotopic (exact) mass is 599 g/mol. The van der Waals surface area contributed by atoms with E-state index in [1.165, 1.54) is 13.2 Å². The molecule has 2 aliphatic carbocycles. The van der Waals surface area contributed by atoms with Gasteiger partial charge < -0.3 is 19.2 Å². The van der Waals surface area contributed by atoms with Crippen LogP contribution in [-0.2, 0) is 14.6 Å². The number of sulfone groups is 1. The number of amides is 1. The Balaban J connectivity index is 1.38. The number of carbonyl (C=O) groups excluding carboxylic acids is 2. The summed E-state index contributed by atoms with van der Waals surface area (Å²) < 4.78 is 67.6. The third-order valence-electron chi connectivity index (χ3n) is 8.05. The Morgan fingerprint density at radius 2 is 1.67 bits per heavy atom. The maximum absolute atomic E-state index is 14.0. The second-order valence-electron chi connectivity index (χ2n) is 11.3. The molecule has 0 aliphatic heterocycles. The van der Waals surface area contributed by atoms with Crippen LogP contribution in [0.5, 0.6) is 11.5 Å². The van der Waals surface area contributed by atoms with Gasteiger partial charge in [-0.05, 0) is 61.1 Å². The molecule has 0 spiro atoms. The molecule has 11 heteroatoms. The quantitative estimate of drug-likeness (QED) is 0.305. The van der Waals surface area contributed by atoms with Crippen LogP contribution in [0, 0.1) is 17.8 Å². The molecule has 0 radical (unpaired) electrons. The fourth-order valence-corrected chi connectivity index (χ4v) is 5.60. The van der Waals surface area contributed by atoms with Crippen molar-refractivity contribution >= 4 is 32.5 Å². The maximum Gasteiger partial charge on any atom is 0.287 e. The number of carbonyl (C=O) groups is 2. The molecule has 2 saturated carbocycles. The van der Waals surface area contributed by atoms with Crippen molar-refractivity contribution in [2.45, 2.75) is 56.4 Å². The number of rotatable bonds is 10. The second kappa shape index (κ2) is 10.7. The number of ether oxygens (including phenoxy) is 2. The highest BCUT2D eigenvalue weighted by molar-refractivity contribution is 7.90. The molecule has 0 atom stereocenters. The Bertz CT molecular complexity index is 1690. The van der Waals surface area contributed by atoms with Gasteiger partial charge in [0.15, 0.2) is 38.8 Å². The predicted molar refractivity (Wildman–Crippen MR) is 152 cm³/mol. The molecule has 0 saturated heterocycles. The second-order valence-corrected chi connectivity index (χ2v) is 13.4. The molecule has 2 aromatic carbocycles. The summed E-state index contributed by atoms with van der Waals surface area (Å²) in [6.07, 6.45) is 6.75. The lowest BCUT2D eigenvalue weighted by Gasteiger charge is -2.39. The number of nitrogens with one attached hydrogen (secondary N) is 1. The number of Topliss-reactive ketones (excluding diaryl/α,β-unsaturated/α-hetero) is 1. The zero-order valence-electron chi connectivity index (χ0n) is 23.3. The summed E-state index contributed by atoms with van der Waals surface area (Å²) in [5.41, 5.74) is -0.147. The number of ketones is 1. The van der Waals surface area contributed by atoms with Crippen molar-refractivity contribution in [3.63, 3.8) is 0 Å². The first kappa shape index (κ1) is 29.6. The Morgan fingerprint density at radius 3 is 2.29 bits per heavy atom. The van der Waals surface area contributed by atoms with Crippen molar-refractivity contribution in [1.29, 1.82) is 0 Å². The van der Waals surface area contributed by atoms with Crippen LogP contribution < -0.4 is 14.8 Å². The molecule has 1 N–H and O–H groups in total.